The summed E-state index contributed by atoms with van der Waals surface area (Å²) in [5, 5.41) is 22.1. The van der Waals surface area contributed by atoms with Crippen LogP contribution in [0, 0.1) is 0 Å². The third-order valence-corrected chi connectivity index (χ3v) is 2.41. The topological polar surface area (TPSA) is 61.7 Å². The molecule has 1 unspecified atom stereocenters. The van der Waals surface area contributed by atoms with Crippen molar-refractivity contribution in [2.45, 2.75) is 13.0 Å². The lowest BCUT2D eigenvalue weighted by Gasteiger charge is -2.15. The van der Waals surface area contributed by atoms with Crippen molar-refractivity contribution in [2.75, 3.05) is 19.8 Å². The molecule has 0 saturated heterocycles. The molecule has 0 fully saturated rings. The molecule has 0 aliphatic carbocycles. The number of ether oxygens (including phenoxy) is 1. The highest BCUT2D eigenvalue weighted by Gasteiger charge is 2.09. The second-order valence-electron chi connectivity index (χ2n) is 3.78. The number of benzene rings is 1. The zero-order chi connectivity index (χ0) is 12.7. The third kappa shape index (κ3) is 4.46. The summed E-state index contributed by atoms with van der Waals surface area (Å²) >= 11 is 0. The number of nitrogens with one attached hydrogen (secondary N) is 1. The zero-order valence-electron chi connectivity index (χ0n) is 10.0. The molecule has 1 aromatic carbocycles. The smallest absolute Gasteiger partial charge is 0.124 e. The van der Waals surface area contributed by atoms with Gasteiger partial charge in [-0.1, -0.05) is 12.1 Å². The predicted octanol–water partition coefficient (Wildman–Crippen LogP) is 1.95. The Morgan fingerprint density at radius 1 is 1.47 bits per heavy atom. The van der Waals surface area contributed by atoms with Crippen LogP contribution in [0.4, 0.5) is 0 Å². The van der Waals surface area contributed by atoms with Gasteiger partial charge in [0.2, 0.25) is 0 Å². The van der Waals surface area contributed by atoms with Crippen molar-refractivity contribution in [3.63, 3.8) is 0 Å². The lowest BCUT2D eigenvalue weighted by atomic mass is 10.1. The molecule has 4 nitrogen and oxygen atoms in total. The van der Waals surface area contributed by atoms with E-state index in [1.165, 1.54) is 6.07 Å². The second kappa shape index (κ2) is 6.93. The van der Waals surface area contributed by atoms with Gasteiger partial charge in [0.15, 0.2) is 0 Å². The number of hydrogen-bond donors (Lipinski definition) is 3. The molecule has 0 radical (unpaired) electrons. The molecule has 0 aromatic heterocycles. The van der Waals surface area contributed by atoms with E-state index in [4.69, 9.17) is 4.74 Å². The maximum absolute atomic E-state index is 9.66. The number of aromatic hydroxyl groups is 2. The molecule has 1 rings (SSSR count). The normalized spacial score (nSPS) is 12.3. The van der Waals surface area contributed by atoms with Gasteiger partial charge in [0.1, 0.15) is 11.5 Å². The minimum absolute atomic E-state index is 0.00271. The highest BCUT2D eigenvalue weighted by atomic mass is 16.5. The average Bonchev–Trinajstić information content (AvgIpc) is 2.28. The number of phenolic OH excluding ortho intramolecular Hbond substituents is 2. The first-order valence-electron chi connectivity index (χ1n) is 5.59. The first-order chi connectivity index (χ1) is 8.15. The van der Waals surface area contributed by atoms with Crippen molar-refractivity contribution in [3.8, 4) is 11.5 Å². The predicted molar refractivity (Wildman–Crippen MR) is 67.2 cm³/mol. The van der Waals surface area contributed by atoms with Gasteiger partial charge in [-0.3, -0.25) is 0 Å². The highest BCUT2D eigenvalue weighted by Crippen LogP contribution is 2.27. The molecular formula is C13H19NO3. The van der Waals surface area contributed by atoms with Crippen LogP contribution in [-0.2, 0) is 4.74 Å². The fraction of sp³-hybridized carbons (Fsp3) is 0.385. The molecule has 17 heavy (non-hydrogen) atoms. The van der Waals surface area contributed by atoms with Gasteiger partial charge in [0.05, 0.1) is 13.2 Å². The van der Waals surface area contributed by atoms with Gasteiger partial charge in [0, 0.05) is 24.2 Å². The summed E-state index contributed by atoms with van der Waals surface area (Å²) in [6.45, 7) is 7.33. The van der Waals surface area contributed by atoms with Crippen molar-refractivity contribution < 1.29 is 14.9 Å². The van der Waals surface area contributed by atoms with E-state index in [1.807, 2.05) is 6.92 Å². The van der Waals surface area contributed by atoms with Crippen LogP contribution in [0.1, 0.15) is 18.5 Å². The number of rotatable bonds is 7. The van der Waals surface area contributed by atoms with Crippen LogP contribution in [0.25, 0.3) is 0 Å². The Bertz CT molecular complexity index is 366. The van der Waals surface area contributed by atoms with Gasteiger partial charge >= 0.3 is 0 Å². The summed E-state index contributed by atoms with van der Waals surface area (Å²) in [7, 11) is 0. The van der Waals surface area contributed by atoms with Crippen LogP contribution in [0.15, 0.2) is 30.9 Å². The summed E-state index contributed by atoms with van der Waals surface area (Å²) in [5.41, 5.74) is 0.756. The largest absolute Gasteiger partial charge is 0.508 e. The van der Waals surface area contributed by atoms with Crippen molar-refractivity contribution in [2.24, 2.45) is 0 Å². The fourth-order valence-corrected chi connectivity index (χ4v) is 1.52. The van der Waals surface area contributed by atoms with Crippen molar-refractivity contribution in [1.29, 1.82) is 0 Å². The van der Waals surface area contributed by atoms with Crippen LogP contribution < -0.4 is 5.32 Å². The first-order valence-corrected chi connectivity index (χ1v) is 5.59. The molecule has 0 aliphatic rings. The standard InChI is InChI=1S/C13H19NO3/c1-3-7-17-8-6-14-10(2)12-5-4-11(15)9-13(12)16/h3-5,9-10,14-16H,1,6-8H2,2H3. The molecule has 0 amide bonds. The Hall–Kier alpha value is -1.52. The lowest BCUT2D eigenvalue weighted by molar-refractivity contribution is 0.161. The van der Waals surface area contributed by atoms with E-state index in [2.05, 4.69) is 11.9 Å². The zero-order valence-corrected chi connectivity index (χ0v) is 10.0. The minimum Gasteiger partial charge on any atom is -0.508 e. The summed E-state index contributed by atoms with van der Waals surface area (Å²) in [5.74, 6) is 0.157. The van der Waals surface area contributed by atoms with Crippen LogP contribution in [-0.4, -0.2) is 30.0 Å². The van der Waals surface area contributed by atoms with E-state index in [0.29, 0.717) is 19.8 Å². The number of phenols is 2. The molecule has 1 atom stereocenters. The van der Waals surface area contributed by atoms with Crippen LogP contribution in [0.2, 0.25) is 0 Å². The van der Waals surface area contributed by atoms with Crippen molar-refractivity contribution in [3.05, 3.63) is 36.4 Å². The summed E-state index contributed by atoms with van der Waals surface area (Å²) in [4.78, 5) is 0. The van der Waals surface area contributed by atoms with E-state index in [1.54, 1.807) is 18.2 Å². The summed E-state index contributed by atoms with van der Waals surface area (Å²) in [6, 6.07) is 4.60. The van der Waals surface area contributed by atoms with E-state index in [9.17, 15) is 10.2 Å². The molecule has 3 N–H and O–H groups in total. The van der Waals surface area contributed by atoms with E-state index < -0.39 is 0 Å². The van der Waals surface area contributed by atoms with Crippen LogP contribution in [0.3, 0.4) is 0 Å². The molecular weight excluding hydrogens is 218 g/mol. The van der Waals surface area contributed by atoms with Gasteiger partial charge in [-0.15, -0.1) is 6.58 Å². The molecule has 0 bridgehead atoms. The molecule has 4 heteroatoms. The van der Waals surface area contributed by atoms with Gasteiger partial charge < -0.3 is 20.3 Å². The van der Waals surface area contributed by atoms with E-state index >= 15 is 0 Å². The number of hydrogen-bond acceptors (Lipinski definition) is 4. The summed E-state index contributed by atoms with van der Waals surface area (Å²) in [6.07, 6.45) is 1.70. The molecule has 0 saturated carbocycles. The first kappa shape index (κ1) is 13.5. The average molecular weight is 237 g/mol. The van der Waals surface area contributed by atoms with Gasteiger partial charge in [-0.2, -0.15) is 0 Å². The van der Waals surface area contributed by atoms with Crippen LogP contribution >= 0.6 is 0 Å². The third-order valence-electron chi connectivity index (χ3n) is 2.41. The Balaban J connectivity index is 2.41. The Kier molecular flexibility index (Phi) is 5.52. The molecule has 1 aromatic rings. The molecule has 0 aliphatic heterocycles. The maximum atomic E-state index is 9.66. The monoisotopic (exact) mass is 237 g/mol. The lowest BCUT2D eigenvalue weighted by Crippen LogP contribution is -2.23. The Morgan fingerprint density at radius 3 is 2.88 bits per heavy atom. The van der Waals surface area contributed by atoms with Gasteiger partial charge in [-0.05, 0) is 13.0 Å². The van der Waals surface area contributed by atoms with Crippen molar-refractivity contribution >= 4 is 0 Å². The van der Waals surface area contributed by atoms with E-state index in [0.717, 1.165) is 5.56 Å². The maximum Gasteiger partial charge on any atom is 0.124 e. The van der Waals surface area contributed by atoms with Gasteiger partial charge in [-0.25, -0.2) is 0 Å². The van der Waals surface area contributed by atoms with E-state index in [-0.39, 0.29) is 17.5 Å². The molecule has 0 spiro atoms. The van der Waals surface area contributed by atoms with Crippen molar-refractivity contribution in [1.82, 2.24) is 5.32 Å². The SMILES string of the molecule is C=CCOCCNC(C)c1ccc(O)cc1O. The molecule has 0 heterocycles. The quantitative estimate of drug-likeness (QED) is 0.501. The Labute approximate surface area is 102 Å². The highest BCUT2D eigenvalue weighted by molar-refractivity contribution is 5.40. The fourth-order valence-electron chi connectivity index (χ4n) is 1.52. The molecule has 94 valence electrons. The van der Waals surface area contributed by atoms with Gasteiger partial charge in [0.25, 0.3) is 0 Å². The summed E-state index contributed by atoms with van der Waals surface area (Å²) < 4.78 is 5.24. The van der Waals surface area contributed by atoms with Crippen LogP contribution in [0.5, 0.6) is 11.5 Å². The second-order valence-corrected chi connectivity index (χ2v) is 3.78. The Morgan fingerprint density at radius 2 is 2.24 bits per heavy atom. The minimum atomic E-state index is 0.00271.